The molecule has 0 saturated carbocycles. The summed E-state index contributed by atoms with van der Waals surface area (Å²) in [5.41, 5.74) is 1.58. The molecule has 2 aromatic rings. The lowest BCUT2D eigenvalue weighted by atomic mass is 10.0. The zero-order valence-corrected chi connectivity index (χ0v) is 12.3. The molecule has 0 radical (unpaired) electrons. The van der Waals surface area contributed by atoms with Crippen molar-refractivity contribution in [2.75, 3.05) is 13.7 Å². The van der Waals surface area contributed by atoms with Crippen LogP contribution in [0.3, 0.4) is 0 Å². The molecule has 21 heavy (non-hydrogen) atoms. The number of ether oxygens (including phenoxy) is 1. The first-order valence-electron chi connectivity index (χ1n) is 6.73. The Hall–Kier alpha value is -2.14. The average molecular weight is 291 g/mol. The van der Waals surface area contributed by atoms with Crippen molar-refractivity contribution in [3.63, 3.8) is 0 Å². The zero-order valence-electron chi connectivity index (χ0n) is 12.3. The van der Waals surface area contributed by atoms with Crippen LogP contribution in [-0.4, -0.2) is 19.6 Å². The third-order valence-corrected chi connectivity index (χ3v) is 3.10. The maximum Gasteiger partial charge on any atom is 0.373 e. The summed E-state index contributed by atoms with van der Waals surface area (Å²) in [7, 11) is 1.29. The highest BCUT2D eigenvalue weighted by Gasteiger charge is 2.20. The van der Waals surface area contributed by atoms with E-state index in [4.69, 9.17) is 4.42 Å². The Morgan fingerprint density at radius 3 is 2.76 bits per heavy atom. The Balaban J connectivity index is 2.38. The van der Waals surface area contributed by atoms with Crippen LogP contribution < -0.4 is 5.32 Å². The molecule has 1 unspecified atom stereocenters. The fraction of sp³-hybridized carbons (Fsp3) is 0.312. The molecule has 4 nitrogen and oxygen atoms in total. The maximum atomic E-state index is 13.6. The summed E-state index contributed by atoms with van der Waals surface area (Å²) in [4.78, 5) is 11.5. The number of rotatable bonds is 5. The van der Waals surface area contributed by atoms with Gasteiger partial charge in [-0.25, -0.2) is 9.18 Å². The number of benzene rings is 1. The molecular weight excluding hydrogens is 273 g/mol. The van der Waals surface area contributed by atoms with Crippen molar-refractivity contribution < 1.29 is 18.3 Å². The Morgan fingerprint density at radius 1 is 1.38 bits per heavy atom. The number of methoxy groups -OCH3 is 1. The molecule has 0 saturated heterocycles. The van der Waals surface area contributed by atoms with Crippen molar-refractivity contribution in [2.24, 2.45) is 0 Å². The number of carbonyl (C=O) groups is 1. The largest absolute Gasteiger partial charge is 0.463 e. The molecule has 1 aromatic heterocycles. The number of esters is 1. The summed E-state index contributed by atoms with van der Waals surface area (Å²) in [5, 5.41) is 3.23. The standard InChI is InChI=1S/C16H18FNO3/c1-4-18-15(11-7-10(2)8-12(17)9-11)13-5-6-14(21-13)16(19)20-3/h5-9,15,18H,4H2,1-3H3. The van der Waals surface area contributed by atoms with Gasteiger partial charge >= 0.3 is 5.97 Å². The molecule has 0 aliphatic rings. The van der Waals surface area contributed by atoms with Gasteiger partial charge in [-0.05, 0) is 48.9 Å². The summed E-state index contributed by atoms with van der Waals surface area (Å²) < 4.78 is 23.7. The van der Waals surface area contributed by atoms with Crippen molar-refractivity contribution in [2.45, 2.75) is 19.9 Å². The van der Waals surface area contributed by atoms with E-state index in [1.165, 1.54) is 19.2 Å². The normalized spacial score (nSPS) is 12.2. The van der Waals surface area contributed by atoms with Crippen LogP contribution in [0.4, 0.5) is 4.39 Å². The lowest BCUT2D eigenvalue weighted by molar-refractivity contribution is 0.0562. The first-order chi connectivity index (χ1) is 10.0. The van der Waals surface area contributed by atoms with Gasteiger partial charge in [-0.2, -0.15) is 0 Å². The number of hydrogen-bond donors (Lipinski definition) is 1. The van der Waals surface area contributed by atoms with Gasteiger partial charge in [0, 0.05) is 0 Å². The van der Waals surface area contributed by atoms with Gasteiger partial charge in [0.1, 0.15) is 11.6 Å². The number of halogens is 1. The lowest BCUT2D eigenvalue weighted by Gasteiger charge is -2.16. The van der Waals surface area contributed by atoms with Gasteiger partial charge in [-0.1, -0.05) is 13.0 Å². The van der Waals surface area contributed by atoms with Crippen molar-refractivity contribution in [1.82, 2.24) is 5.32 Å². The summed E-state index contributed by atoms with van der Waals surface area (Å²) in [5.74, 6) is -0.162. The fourth-order valence-corrected chi connectivity index (χ4v) is 2.24. The van der Waals surface area contributed by atoms with E-state index in [2.05, 4.69) is 10.1 Å². The van der Waals surface area contributed by atoms with Crippen LogP contribution in [0.2, 0.25) is 0 Å². The second-order valence-corrected chi connectivity index (χ2v) is 4.75. The minimum Gasteiger partial charge on any atom is -0.463 e. The molecular formula is C16H18FNO3. The molecule has 1 heterocycles. The van der Waals surface area contributed by atoms with Crippen molar-refractivity contribution in [1.29, 1.82) is 0 Å². The smallest absolute Gasteiger partial charge is 0.373 e. The third-order valence-electron chi connectivity index (χ3n) is 3.10. The topological polar surface area (TPSA) is 51.5 Å². The van der Waals surface area contributed by atoms with Crippen LogP contribution in [-0.2, 0) is 4.74 Å². The average Bonchev–Trinajstić information content (AvgIpc) is 2.92. The van der Waals surface area contributed by atoms with E-state index in [1.54, 1.807) is 12.1 Å². The van der Waals surface area contributed by atoms with Gasteiger partial charge in [0.2, 0.25) is 5.76 Å². The van der Waals surface area contributed by atoms with Crippen LogP contribution in [0.5, 0.6) is 0 Å². The van der Waals surface area contributed by atoms with Crippen LogP contribution in [0, 0.1) is 12.7 Å². The van der Waals surface area contributed by atoms with E-state index in [9.17, 15) is 9.18 Å². The van der Waals surface area contributed by atoms with Crippen LogP contribution in [0.1, 0.15) is 40.4 Å². The first-order valence-corrected chi connectivity index (χ1v) is 6.73. The van der Waals surface area contributed by atoms with Crippen molar-refractivity contribution in [3.05, 3.63) is 58.8 Å². The van der Waals surface area contributed by atoms with Gasteiger partial charge in [-0.15, -0.1) is 0 Å². The predicted octanol–water partition coefficient (Wildman–Crippen LogP) is 3.21. The van der Waals surface area contributed by atoms with Crippen LogP contribution in [0.15, 0.2) is 34.7 Å². The third kappa shape index (κ3) is 3.49. The SMILES string of the molecule is CCNC(c1cc(C)cc(F)c1)c1ccc(C(=O)OC)o1. The molecule has 1 aromatic carbocycles. The fourth-order valence-electron chi connectivity index (χ4n) is 2.24. The zero-order chi connectivity index (χ0) is 15.4. The number of furan rings is 1. The summed E-state index contributed by atoms with van der Waals surface area (Å²) >= 11 is 0. The summed E-state index contributed by atoms with van der Waals surface area (Å²) in [6, 6.07) is 7.74. The summed E-state index contributed by atoms with van der Waals surface area (Å²) in [6.07, 6.45) is 0. The predicted molar refractivity (Wildman–Crippen MR) is 76.7 cm³/mol. The number of carbonyl (C=O) groups excluding carboxylic acids is 1. The number of hydrogen-bond acceptors (Lipinski definition) is 4. The Labute approximate surface area is 122 Å². The van der Waals surface area contributed by atoms with E-state index in [-0.39, 0.29) is 17.6 Å². The molecule has 0 aliphatic carbocycles. The summed E-state index contributed by atoms with van der Waals surface area (Å²) in [6.45, 7) is 4.45. The second kappa shape index (κ2) is 6.54. The second-order valence-electron chi connectivity index (χ2n) is 4.75. The highest BCUT2D eigenvalue weighted by atomic mass is 19.1. The highest BCUT2D eigenvalue weighted by molar-refractivity contribution is 5.86. The molecule has 0 spiro atoms. The van der Waals surface area contributed by atoms with Gasteiger partial charge in [0.25, 0.3) is 0 Å². The van der Waals surface area contributed by atoms with E-state index >= 15 is 0 Å². The van der Waals surface area contributed by atoms with Crippen LogP contribution >= 0.6 is 0 Å². The van der Waals surface area contributed by atoms with Gasteiger partial charge in [-0.3, -0.25) is 0 Å². The van der Waals surface area contributed by atoms with E-state index < -0.39 is 5.97 Å². The molecule has 5 heteroatoms. The van der Waals surface area contributed by atoms with E-state index in [1.807, 2.05) is 19.9 Å². The lowest BCUT2D eigenvalue weighted by Crippen LogP contribution is -2.21. The quantitative estimate of drug-likeness (QED) is 0.859. The minimum absolute atomic E-state index is 0.128. The van der Waals surface area contributed by atoms with Gasteiger partial charge < -0.3 is 14.5 Å². The van der Waals surface area contributed by atoms with Crippen molar-refractivity contribution >= 4 is 5.97 Å². The van der Waals surface area contributed by atoms with Gasteiger partial charge in [0.05, 0.1) is 13.2 Å². The monoisotopic (exact) mass is 291 g/mol. The number of aryl methyl sites for hydroxylation is 1. The molecule has 112 valence electrons. The Bertz CT molecular complexity index is 616. The Kier molecular flexibility index (Phi) is 4.75. The first kappa shape index (κ1) is 15.3. The number of nitrogens with one attached hydrogen (secondary N) is 1. The highest BCUT2D eigenvalue weighted by Crippen LogP contribution is 2.26. The minimum atomic E-state index is -0.535. The molecule has 0 fully saturated rings. The van der Waals surface area contributed by atoms with Crippen molar-refractivity contribution in [3.8, 4) is 0 Å². The molecule has 0 aliphatic heterocycles. The molecule has 0 amide bonds. The van der Waals surface area contributed by atoms with Crippen LogP contribution in [0.25, 0.3) is 0 Å². The Morgan fingerprint density at radius 2 is 2.14 bits per heavy atom. The molecule has 2 rings (SSSR count). The van der Waals surface area contributed by atoms with Gasteiger partial charge in [0.15, 0.2) is 0 Å². The maximum absolute atomic E-state index is 13.6. The molecule has 1 atom stereocenters. The van der Waals surface area contributed by atoms with E-state index in [0.717, 1.165) is 11.1 Å². The molecule has 1 N–H and O–H groups in total. The van der Waals surface area contributed by atoms with E-state index in [0.29, 0.717) is 12.3 Å². The molecule has 0 bridgehead atoms.